The summed E-state index contributed by atoms with van der Waals surface area (Å²) in [5, 5.41) is 19.6. The molecule has 2 aliphatic rings. The number of hydrogen-bond acceptors (Lipinski definition) is 6. The topological polar surface area (TPSA) is 79.0 Å². The van der Waals surface area contributed by atoms with E-state index in [2.05, 4.69) is 34.1 Å². The number of nitrogens with zero attached hydrogens (tertiary/aromatic N) is 2. The van der Waals surface area contributed by atoms with Crippen LogP contribution in [0.1, 0.15) is 59.8 Å². The van der Waals surface area contributed by atoms with Crippen LogP contribution in [-0.4, -0.2) is 52.5 Å². The van der Waals surface area contributed by atoms with Crippen molar-refractivity contribution in [2.45, 2.75) is 44.5 Å². The summed E-state index contributed by atoms with van der Waals surface area (Å²) in [4.78, 5) is 6.63. The van der Waals surface area contributed by atoms with Gasteiger partial charge in [0.15, 0.2) is 18.3 Å². The maximum Gasteiger partial charge on any atom is 0.181 e. The summed E-state index contributed by atoms with van der Waals surface area (Å²) in [6, 6.07) is 20.1. The molecule has 3 aromatic carbocycles. The van der Waals surface area contributed by atoms with Crippen molar-refractivity contribution in [2.24, 2.45) is 0 Å². The average molecular weight is 529 g/mol. The third-order valence-corrected chi connectivity index (χ3v) is 7.83. The van der Waals surface area contributed by atoms with E-state index in [9.17, 15) is 14.6 Å². The molecule has 7 heteroatoms. The molecule has 1 atom stereocenters. The molecule has 202 valence electrons. The first-order chi connectivity index (χ1) is 19.1. The molecule has 0 spiro atoms. The van der Waals surface area contributed by atoms with Gasteiger partial charge < -0.3 is 19.4 Å². The fourth-order valence-electron chi connectivity index (χ4n) is 5.90. The number of aliphatic hydroxyl groups excluding tert-OH is 1. The van der Waals surface area contributed by atoms with Gasteiger partial charge in [0.05, 0.1) is 6.67 Å². The number of aromatic nitrogens is 1. The molecule has 0 saturated carbocycles. The van der Waals surface area contributed by atoms with E-state index in [1.165, 1.54) is 12.0 Å². The molecule has 39 heavy (non-hydrogen) atoms. The normalized spacial score (nSPS) is 18.1. The number of aryl methyl sites for hydroxylation is 1. The number of allylic oxidation sites excluding steroid dienone is 1. The van der Waals surface area contributed by atoms with Crippen LogP contribution < -0.4 is 4.74 Å². The van der Waals surface area contributed by atoms with Crippen LogP contribution in [-0.2, 0) is 6.42 Å². The van der Waals surface area contributed by atoms with Gasteiger partial charge in [-0.3, -0.25) is 9.29 Å². The Bertz CT molecular complexity index is 1480. The van der Waals surface area contributed by atoms with Crippen LogP contribution in [0.4, 0.5) is 4.39 Å². The molecule has 0 amide bonds. The smallest absolute Gasteiger partial charge is 0.181 e. The number of fused-ring (bicyclic) bond motifs is 2. The second kappa shape index (κ2) is 11.3. The molecule has 1 aromatic heterocycles. The van der Waals surface area contributed by atoms with Crippen LogP contribution in [0.15, 0.2) is 71.5 Å². The fraction of sp³-hybridized carbons (Fsp3) is 0.344. The molecule has 2 heterocycles. The molecule has 6 rings (SSSR count). The van der Waals surface area contributed by atoms with Crippen molar-refractivity contribution in [3.8, 4) is 5.75 Å². The van der Waals surface area contributed by atoms with E-state index >= 15 is 0 Å². The van der Waals surface area contributed by atoms with Gasteiger partial charge in [-0.25, -0.2) is 4.98 Å². The molecule has 4 aromatic rings. The zero-order chi connectivity index (χ0) is 26.8. The fourth-order valence-corrected chi connectivity index (χ4v) is 5.90. The van der Waals surface area contributed by atoms with Gasteiger partial charge in [0.1, 0.15) is 17.4 Å². The Hall–Kier alpha value is -3.52. The van der Waals surface area contributed by atoms with Crippen LogP contribution in [0.3, 0.4) is 0 Å². The number of rotatable bonds is 8. The van der Waals surface area contributed by atoms with Crippen molar-refractivity contribution in [1.82, 2.24) is 9.88 Å². The Balaban J connectivity index is 1.36. The zero-order valence-electron chi connectivity index (χ0n) is 21.9. The van der Waals surface area contributed by atoms with Gasteiger partial charge in [-0.1, -0.05) is 36.4 Å². The van der Waals surface area contributed by atoms with Crippen molar-refractivity contribution in [3.63, 3.8) is 0 Å². The number of ether oxygens (including phenoxy) is 1. The van der Waals surface area contributed by atoms with Gasteiger partial charge in [-0.2, -0.15) is 0 Å². The third-order valence-electron chi connectivity index (χ3n) is 7.83. The third kappa shape index (κ3) is 5.48. The van der Waals surface area contributed by atoms with Gasteiger partial charge >= 0.3 is 0 Å². The highest BCUT2D eigenvalue weighted by atomic mass is 19.1. The Morgan fingerprint density at radius 1 is 1.03 bits per heavy atom. The predicted octanol–water partition coefficient (Wildman–Crippen LogP) is 5.92. The minimum absolute atomic E-state index is 0.112. The monoisotopic (exact) mass is 528 g/mol. The SMILES string of the molecule is OC(O)c1ccc2c(c1)CCCC(c1ccc3ocnc3c1)=C2c1ccc(O[C@H]2CCN(CCCF)C2)cc1. The van der Waals surface area contributed by atoms with Crippen molar-refractivity contribution in [2.75, 3.05) is 26.3 Å². The zero-order valence-corrected chi connectivity index (χ0v) is 21.9. The average Bonchev–Trinajstić information content (AvgIpc) is 3.56. The highest BCUT2D eigenvalue weighted by Gasteiger charge is 2.25. The van der Waals surface area contributed by atoms with Gasteiger partial charge in [-0.05, 0) is 89.8 Å². The van der Waals surface area contributed by atoms with E-state index in [0.717, 1.165) is 90.0 Å². The summed E-state index contributed by atoms with van der Waals surface area (Å²) < 4.78 is 24.3. The maximum atomic E-state index is 12.6. The first kappa shape index (κ1) is 25.7. The second-order valence-electron chi connectivity index (χ2n) is 10.4. The molecular formula is C32H33FN2O4. The number of alkyl halides is 1. The minimum Gasteiger partial charge on any atom is -0.489 e. The highest BCUT2D eigenvalue weighted by Crippen LogP contribution is 2.41. The molecule has 1 fully saturated rings. The number of oxazole rings is 1. The summed E-state index contributed by atoms with van der Waals surface area (Å²) >= 11 is 0. The van der Waals surface area contributed by atoms with E-state index in [4.69, 9.17) is 9.15 Å². The van der Waals surface area contributed by atoms with Crippen molar-refractivity contribution in [3.05, 3.63) is 94.9 Å². The molecule has 0 radical (unpaired) electrons. The van der Waals surface area contributed by atoms with Crippen LogP contribution in [0, 0.1) is 0 Å². The molecule has 6 nitrogen and oxygen atoms in total. The van der Waals surface area contributed by atoms with E-state index in [0.29, 0.717) is 12.0 Å². The number of halogens is 1. The van der Waals surface area contributed by atoms with Crippen LogP contribution >= 0.6 is 0 Å². The van der Waals surface area contributed by atoms with Gasteiger partial charge in [-0.15, -0.1) is 0 Å². The lowest BCUT2D eigenvalue weighted by Gasteiger charge is -2.19. The van der Waals surface area contributed by atoms with Crippen molar-refractivity contribution >= 4 is 22.2 Å². The van der Waals surface area contributed by atoms with Gasteiger partial charge in [0, 0.05) is 25.2 Å². The Morgan fingerprint density at radius 2 is 1.87 bits per heavy atom. The molecule has 2 N–H and O–H groups in total. The van der Waals surface area contributed by atoms with Crippen LogP contribution in [0.5, 0.6) is 5.75 Å². The highest BCUT2D eigenvalue weighted by molar-refractivity contribution is 6.01. The Kier molecular flexibility index (Phi) is 7.46. The summed E-state index contributed by atoms with van der Waals surface area (Å²) in [5.41, 5.74) is 8.82. The molecule has 1 aliphatic carbocycles. The van der Waals surface area contributed by atoms with Crippen LogP contribution in [0.25, 0.3) is 22.2 Å². The summed E-state index contributed by atoms with van der Waals surface area (Å²) in [5.74, 6) is 0.829. The Morgan fingerprint density at radius 3 is 2.69 bits per heavy atom. The molecule has 1 saturated heterocycles. The van der Waals surface area contributed by atoms with Crippen molar-refractivity contribution < 1.29 is 23.8 Å². The summed E-state index contributed by atoms with van der Waals surface area (Å²) in [6.07, 6.45) is 4.26. The maximum absolute atomic E-state index is 12.6. The summed E-state index contributed by atoms with van der Waals surface area (Å²) in [7, 11) is 0. The van der Waals surface area contributed by atoms with E-state index < -0.39 is 6.29 Å². The van der Waals surface area contributed by atoms with E-state index in [1.54, 1.807) is 6.07 Å². The summed E-state index contributed by atoms with van der Waals surface area (Å²) in [6.45, 7) is 2.27. The minimum atomic E-state index is -1.50. The van der Waals surface area contributed by atoms with Crippen LogP contribution in [0.2, 0.25) is 0 Å². The largest absolute Gasteiger partial charge is 0.489 e. The molecule has 0 bridgehead atoms. The van der Waals surface area contributed by atoms with E-state index in [1.807, 2.05) is 30.3 Å². The number of hydrogen-bond donors (Lipinski definition) is 2. The number of aliphatic hydroxyl groups is 2. The lowest BCUT2D eigenvalue weighted by atomic mass is 9.87. The van der Waals surface area contributed by atoms with E-state index in [-0.39, 0.29) is 12.8 Å². The second-order valence-corrected chi connectivity index (χ2v) is 10.4. The number of benzene rings is 3. The lowest BCUT2D eigenvalue weighted by Crippen LogP contribution is -2.26. The van der Waals surface area contributed by atoms with Gasteiger partial charge in [0.2, 0.25) is 0 Å². The first-order valence-electron chi connectivity index (χ1n) is 13.7. The molecule has 0 unspecified atom stereocenters. The molecule has 1 aliphatic heterocycles. The predicted molar refractivity (Wildman–Crippen MR) is 149 cm³/mol. The van der Waals surface area contributed by atoms with Gasteiger partial charge in [0.25, 0.3) is 0 Å². The molecular weight excluding hydrogens is 495 g/mol. The quantitative estimate of drug-likeness (QED) is 0.277. The standard InChI is InChI=1S/C32H33FN2O4/c33-14-2-15-35-16-13-26(19-35)39-25-9-5-21(6-10-25)31-27(23-8-12-30-29(18-23)34-20-38-30)4-1-3-22-17-24(32(36)37)7-11-28(22)31/h5-12,17-18,20,26,32,36-37H,1-4,13-16,19H2/t26-/m0/s1. The Labute approximate surface area is 227 Å². The number of likely N-dealkylation sites (tertiary alicyclic amines) is 1. The first-order valence-corrected chi connectivity index (χ1v) is 13.7. The van der Waals surface area contributed by atoms with Crippen molar-refractivity contribution in [1.29, 1.82) is 0 Å². The lowest BCUT2D eigenvalue weighted by molar-refractivity contribution is -0.0425.